The minimum absolute atomic E-state index is 0.107. The molecule has 2 aliphatic heterocycles. The molecule has 5 rings (SSSR count). The number of aliphatic hydroxyl groups excluding tert-OH is 1. The van der Waals surface area contributed by atoms with E-state index in [2.05, 4.69) is 0 Å². The molecule has 0 amide bonds. The summed E-state index contributed by atoms with van der Waals surface area (Å²) in [5.74, 6) is -1.38. The van der Waals surface area contributed by atoms with Crippen molar-refractivity contribution in [2.45, 2.75) is 62.9 Å². The van der Waals surface area contributed by atoms with Gasteiger partial charge >= 0.3 is 5.97 Å². The zero-order valence-electron chi connectivity index (χ0n) is 21.2. The zero-order chi connectivity index (χ0) is 26.0. The van der Waals surface area contributed by atoms with Crippen LogP contribution in [-0.4, -0.2) is 54.2 Å². The van der Waals surface area contributed by atoms with Gasteiger partial charge in [-0.1, -0.05) is 91.0 Å². The summed E-state index contributed by atoms with van der Waals surface area (Å²) in [5.41, 5.74) is 1.72. The molecule has 0 unspecified atom stereocenters. The fraction of sp³-hybridized carbons (Fsp3) is 0.367. The Hall–Kier alpha value is -3.07. The third-order valence-corrected chi connectivity index (χ3v) is 6.72. The Bertz CT molecular complexity index is 1090. The lowest BCUT2D eigenvalue weighted by Gasteiger charge is -2.37. The van der Waals surface area contributed by atoms with Crippen molar-refractivity contribution in [2.75, 3.05) is 6.61 Å². The van der Waals surface area contributed by atoms with Crippen molar-refractivity contribution >= 4 is 5.97 Å². The molecule has 0 saturated carbocycles. The number of hydrogen-bond donors (Lipinski definition) is 1. The van der Waals surface area contributed by atoms with Crippen LogP contribution in [0.25, 0.3) is 0 Å². The number of fused-ring (bicyclic) bond motifs is 1. The molecule has 2 aliphatic rings. The first-order chi connectivity index (χ1) is 17.8. The molecule has 2 fully saturated rings. The summed E-state index contributed by atoms with van der Waals surface area (Å²) in [6.45, 7) is 4.74. The molecule has 7 nitrogen and oxygen atoms in total. The molecule has 0 bridgehead atoms. The Morgan fingerprint density at radius 2 is 1.38 bits per heavy atom. The normalized spacial score (nSPS) is 25.4. The van der Waals surface area contributed by atoms with E-state index in [1.165, 1.54) is 6.92 Å². The van der Waals surface area contributed by atoms with E-state index >= 15 is 0 Å². The van der Waals surface area contributed by atoms with E-state index in [-0.39, 0.29) is 6.61 Å². The largest absolute Gasteiger partial charge is 0.457 e. The molecule has 3 aromatic rings. The molecule has 2 heterocycles. The Morgan fingerprint density at radius 1 is 0.892 bits per heavy atom. The molecule has 0 aliphatic carbocycles. The minimum atomic E-state index is -1.14. The van der Waals surface area contributed by atoms with E-state index in [4.69, 9.17) is 23.7 Å². The first-order valence-electron chi connectivity index (χ1n) is 12.5. The van der Waals surface area contributed by atoms with Crippen molar-refractivity contribution in [3.8, 4) is 0 Å². The Kier molecular flexibility index (Phi) is 7.16. The highest BCUT2D eigenvalue weighted by Crippen LogP contribution is 2.42. The highest BCUT2D eigenvalue weighted by atomic mass is 16.8. The van der Waals surface area contributed by atoms with Crippen molar-refractivity contribution in [1.82, 2.24) is 0 Å². The first-order valence-corrected chi connectivity index (χ1v) is 12.5. The van der Waals surface area contributed by atoms with Gasteiger partial charge in [0.05, 0.1) is 6.61 Å². The van der Waals surface area contributed by atoms with E-state index in [1.807, 2.05) is 91.0 Å². The second kappa shape index (κ2) is 10.4. The average Bonchev–Trinajstić information content (AvgIpc) is 3.38. The third-order valence-electron chi connectivity index (χ3n) is 6.72. The van der Waals surface area contributed by atoms with Gasteiger partial charge in [0.2, 0.25) is 0 Å². The van der Waals surface area contributed by atoms with Gasteiger partial charge in [-0.15, -0.1) is 0 Å². The lowest BCUT2D eigenvalue weighted by molar-refractivity contribution is -0.233. The van der Waals surface area contributed by atoms with Gasteiger partial charge in [0.15, 0.2) is 24.3 Å². The van der Waals surface area contributed by atoms with Crippen LogP contribution in [0.2, 0.25) is 0 Å². The summed E-state index contributed by atoms with van der Waals surface area (Å²) < 4.78 is 30.1. The molecule has 5 atom stereocenters. The van der Waals surface area contributed by atoms with E-state index in [9.17, 15) is 9.90 Å². The number of carbonyl (C=O) groups excluding carboxylic acids is 1. The number of hydrogen-bond acceptors (Lipinski definition) is 7. The van der Waals surface area contributed by atoms with Crippen LogP contribution < -0.4 is 0 Å². The van der Waals surface area contributed by atoms with Gasteiger partial charge in [-0.25, -0.2) is 0 Å². The van der Waals surface area contributed by atoms with E-state index in [0.717, 1.165) is 16.7 Å². The second-order valence-corrected chi connectivity index (χ2v) is 9.80. The van der Waals surface area contributed by atoms with Gasteiger partial charge in [-0.2, -0.15) is 0 Å². The smallest absolute Gasteiger partial charge is 0.303 e. The predicted octanol–water partition coefficient (Wildman–Crippen LogP) is 4.16. The van der Waals surface area contributed by atoms with Crippen LogP contribution in [0.5, 0.6) is 0 Å². The molecular weight excluding hydrogens is 472 g/mol. The van der Waals surface area contributed by atoms with Gasteiger partial charge in [0, 0.05) is 6.92 Å². The van der Waals surface area contributed by atoms with E-state index in [0.29, 0.717) is 0 Å². The van der Waals surface area contributed by atoms with Crippen LogP contribution in [0.4, 0.5) is 0 Å². The van der Waals surface area contributed by atoms with Crippen molar-refractivity contribution in [2.24, 2.45) is 0 Å². The Morgan fingerprint density at radius 3 is 1.84 bits per heavy atom. The van der Waals surface area contributed by atoms with Gasteiger partial charge in [0.1, 0.15) is 17.8 Å². The molecular formula is C30H32O7. The van der Waals surface area contributed by atoms with Gasteiger partial charge in [0.25, 0.3) is 0 Å². The molecule has 3 aromatic carbocycles. The zero-order valence-corrected chi connectivity index (χ0v) is 21.2. The topological polar surface area (TPSA) is 83.5 Å². The quantitative estimate of drug-likeness (QED) is 0.364. The van der Waals surface area contributed by atoms with Crippen LogP contribution in [0.3, 0.4) is 0 Å². The molecule has 1 N–H and O–H groups in total. The Balaban J connectivity index is 1.48. The maximum atomic E-state index is 11.9. The van der Waals surface area contributed by atoms with Crippen LogP contribution >= 0.6 is 0 Å². The minimum Gasteiger partial charge on any atom is -0.457 e. The maximum Gasteiger partial charge on any atom is 0.303 e. The monoisotopic (exact) mass is 504 g/mol. The van der Waals surface area contributed by atoms with E-state index in [1.54, 1.807) is 13.8 Å². The lowest BCUT2D eigenvalue weighted by atomic mass is 9.80. The lowest BCUT2D eigenvalue weighted by Crippen LogP contribution is -2.46. The number of carbonyl (C=O) groups is 1. The van der Waals surface area contributed by atoms with Crippen molar-refractivity contribution < 1.29 is 33.6 Å². The fourth-order valence-electron chi connectivity index (χ4n) is 5.21. The van der Waals surface area contributed by atoms with Crippen LogP contribution in [0.1, 0.15) is 37.5 Å². The number of esters is 1. The SMILES string of the molecule is CC(=O)O[C@H]1[C@@H]2OC(C)(C)O[C@H]2O[C@H]1[C@H](O)COC(c1ccccc1)(c1ccccc1)c1ccccc1. The Labute approximate surface area is 216 Å². The number of ether oxygens (including phenoxy) is 5. The van der Waals surface area contributed by atoms with E-state index < -0.39 is 48.1 Å². The summed E-state index contributed by atoms with van der Waals surface area (Å²) >= 11 is 0. The summed E-state index contributed by atoms with van der Waals surface area (Å²) in [6, 6.07) is 29.7. The summed E-state index contributed by atoms with van der Waals surface area (Å²) in [5, 5.41) is 11.4. The number of benzene rings is 3. The third kappa shape index (κ3) is 5.06. The molecule has 0 spiro atoms. The van der Waals surface area contributed by atoms with Crippen LogP contribution in [0.15, 0.2) is 91.0 Å². The van der Waals surface area contributed by atoms with Crippen molar-refractivity contribution in [1.29, 1.82) is 0 Å². The van der Waals surface area contributed by atoms with Gasteiger partial charge in [-0.3, -0.25) is 4.79 Å². The predicted molar refractivity (Wildman–Crippen MR) is 135 cm³/mol. The molecule has 0 radical (unpaired) electrons. The molecule has 37 heavy (non-hydrogen) atoms. The van der Waals surface area contributed by atoms with Gasteiger partial charge in [-0.05, 0) is 30.5 Å². The summed E-state index contributed by atoms with van der Waals surface area (Å²) in [7, 11) is 0. The average molecular weight is 505 g/mol. The van der Waals surface area contributed by atoms with Crippen molar-refractivity contribution in [3.63, 3.8) is 0 Å². The molecule has 0 aromatic heterocycles. The number of rotatable bonds is 8. The number of aliphatic hydroxyl groups is 1. The molecule has 194 valence electrons. The summed E-state index contributed by atoms with van der Waals surface area (Å²) in [6.07, 6.45) is -4.29. The van der Waals surface area contributed by atoms with Crippen molar-refractivity contribution in [3.05, 3.63) is 108 Å². The highest BCUT2D eigenvalue weighted by Gasteiger charge is 2.58. The second-order valence-electron chi connectivity index (χ2n) is 9.80. The molecule has 7 heteroatoms. The van der Waals surface area contributed by atoms with Crippen LogP contribution in [0, 0.1) is 0 Å². The highest BCUT2D eigenvalue weighted by molar-refractivity contribution is 5.66. The van der Waals surface area contributed by atoms with Crippen LogP contribution in [-0.2, 0) is 34.1 Å². The first kappa shape index (κ1) is 25.6. The van der Waals surface area contributed by atoms with Gasteiger partial charge < -0.3 is 28.8 Å². The summed E-state index contributed by atoms with van der Waals surface area (Å²) in [4.78, 5) is 11.9. The standard InChI is InChI=1S/C30H32O7/c1-20(31)34-26-25(35-28-27(26)36-29(2,3)37-28)24(32)19-33-30(21-13-7-4-8-14-21,22-15-9-5-10-16-22)23-17-11-6-12-18-23/h4-18,24-28,32H,19H2,1-3H3/t24-,25+,26-,27+,28-/m1/s1. The molecule has 2 saturated heterocycles. The maximum absolute atomic E-state index is 11.9. The fourth-order valence-corrected chi connectivity index (χ4v) is 5.21.